The second-order valence-corrected chi connectivity index (χ2v) is 9.26. The summed E-state index contributed by atoms with van der Waals surface area (Å²) >= 11 is 1.45. The summed E-state index contributed by atoms with van der Waals surface area (Å²) in [4.78, 5) is 26.4. The molecule has 0 fully saturated rings. The number of fused-ring (bicyclic) bond motifs is 1. The summed E-state index contributed by atoms with van der Waals surface area (Å²) < 4.78 is 5.04. The van der Waals surface area contributed by atoms with E-state index in [9.17, 15) is 9.59 Å². The Hall–Kier alpha value is -2.18. The van der Waals surface area contributed by atoms with Gasteiger partial charge < -0.3 is 15.4 Å². The van der Waals surface area contributed by atoms with Gasteiger partial charge in [-0.2, -0.15) is 0 Å². The molecule has 1 aliphatic heterocycles. The standard InChI is InChI=1S/C21H26N2O3S/c1-12-8-7-9-13(10-12)17(24)22-18-15(19(25)26-6)14-11-20(2,3)23-21(4,5)16(14)27-18/h7-10,23H,11H2,1-6H3,(H,22,24). The van der Waals surface area contributed by atoms with E-state index >= 15 is 0 Å². The highest BCUT2D eigenvalue weighted by Gasteiger charge is 2.42. The number of carbonyl (C=O) groups is 2. The average Bonchev–Trinajstić information content (AvgIpc) is 2.91. The summed E-state index contributed by atoms with van der Waals surface area (Å²) in [6.45, 7) is 10.4. The normalized spacial score (nSPS) is 17.1. The minimum atomic E-state index is -0.416. The van der Waals surface area contributed by atoms with E-state index in [4.69, 9.17) is 4.74 Å². The Balaban J connectivity index is 2.07. The van der Waals surface area contributed by atoms with Crippen LogP contribution in [0.1, 0.15) is 64.4 Å². The number of hydrogen-bond donors (Lipinski definition) is 2. The number of thiophene rings is 1. The number of esters is 1. The van der Waals surface area contributed by atoms with Gasteiger partial charge in [-0.25, -0.2) is 4.79 Å². The Labute approximate surface area is 164 Å². The summed E-state index contributed by atoms with van der Waals surface area (Å²) in [6, 6.07) is 7.38. The number of anilines is 1. The molecule has 0 aliphatic carbocycles. The zero-order valence-electron chi connectivity index (χ0n) is 16.6. The Morgan fingerprint density at radius 2 is 1.93 bits per heavy atom. The van der Waals surface area contributed by atoms with Crippen molar-refractivity contribution in [2.75, 3.05) is 12.4 Å². The van der Waals surface area contributed by atoms with Gasteiger partial charge in [0.15, 0.2) is 0 Å². The minimum Gasteiger partial charge on any atom is -0.465 e. The van der Waals surface area contributed by atoms with Gasteiger partial charge in [0.2, 0.25) is 0 Å². The molecule has 27 heavy (non-hydrogen) atoms. The van der Waals surface area contributed by atoms with E-state index in [-0.39, 0.29) is 17.0 Å². The van der Waals surface area contributed by atoms with Crippen molar-refractivity contribution in [1.29, 1.82) is 0 Å². The van der Waals surface area contributed by atoms with Gasteiger partial charge in [0.05, 0.1) is 12.7 Å². The Bertz CT molecular complexity index is 912. The molecule has 3 rings (SSSR count). The third kappa shape index (κ3) is 3.77. The maximum absolute atomic E-state index is 12.8. The van der Waals surface area contributed by atoms with Gasteiger partial charge in [-0.1, -0.05) is 17.7 Å². The van der Waals surface area contributed by atoms with Gasteiger partial charge in [0.1, 0.15) is 5.00 Å². The van der Waals surface area contributed by atoms with Crippen molar-refractivity contribution in [1.82, 2.24) is 5.32 Å². The first-order valence-electron chi connectivity index (χ1n) is 8.96. The van der Waals surface area contributed by atoms with Crippen molar-refractivity contribution in [3.05, 3.63) is 51.4 Å². The number of benzene rings is 1. The maximum atomic E-state index is 12.8. The predicted octanol–water partition coefficient (Wildman–Crippen LogP) is 4.25. The van der Waals surface area contributed by atoms with Crippen LogP contribution in [0.2, 0.25) is 0 Å². The number of carbonyl (C=O) groups excluding carboxylic acids is 2. The first kappa shape index (κ1) is 19.6. The van der Waals surface area contributed by atoms with Crippen molar-refractivity contribution in [3.8, 4) is 0 Å². The van der Waals surface area contributed by atoms with E-state index in [1.807, 2.05) is 25.1 Å². The number of rotatable bonds is 3. The van der Waals surface area contributed by atoms with Gasteiger partial charge in [0.25, 0.3) is 5.91 Å². The third-order valence-electron chi connectivity index (χ3n) is 4.74. The molecule has 0 unspecified atom stereocenters. The third-order valence-corrected chi connectivity index (χ3v) is 6.21. The molecular weight excluding hydrogens is 360 g/mol. The smallest absolute Gasteiger partial charge is 0.341 e. The zero-order valence-corrected chi connectivity index (χ0v) is 17.5. The summed E-state index contributed by atoms with van der Waals surface area (Å²) in [5.41, 5.74) is 2.53. The topological polar surface area (TPSA) is 67.4 Å². The van der Waals surface area contributed by atoms with Gasteiger partial charge in [-0.05, 0) is 58.7 Å². The van der Waals surface area contributed by atoms with E-state index in [1.165, 1.54) is 18.4 Å². The van der Waals surface area contributed by atoms with Crippen LogP contribution in [0.25, 0.3) is 0 Å². The Kier molecular flexibility index (Phi) is 4.91. The van der Waals surface area contributed by atoms with Crippen molar-refractivity contribution in [2.45, 2.75) is 52.1 Å². The molecule has 5 nitrogen and oxygen atoms in total. The van der Waals surface area contributed by atoms with Gasteiger partial charge in [-0.3, -0.25) is 4.79 Å². The monoisotopic (exact) mass is 386 g/mol. The highest BCUT2D eigenvalue weighted by atomic mass is 32.1. The molecule has 0 saturated heterocycles. The second-order valence-electron chi connectivity index (χ2n) is 8.24. The first-order chi connectivity index (χ1) is 12.5. The lowest BCUT2D eigenvalue weighted by atomic mass is 9.81. The molecule has 0 radical (unpaired) electrons. The van der Waals surface area contributed by atoms with Gasteiger partial charge >= 0.3 is 5.97 Å². The first-order valence-corrected chi connectivity index (χ1v) is 9.77. The Morgan fingerprint density at radius 1 is 1.22 bits per heavy atom. The number of nitrogens with one attached hydrogen (secondary N) is 2. The molecule has 0 saturated carbocycles. The summed E-state index contributed by atoms with van der Waals surface area (Å²) in [5.74, 6) is -0.645. The molecule has 144 valence electrons. The average molecular weight is 387 g/mol. The fraction of sp³-hybridized carbons (Fsp3) is 0.429. The lowest BCUT2D eigenvalue weighted by molar-refractivity contribution is 0.0600. The SMILES string of the molecule is COC(=O)c1c(NC(=O)c2cccc(C)c2)sc2c1CC(C)(C)NC2(C)C. The molecular formula is C21H26N2O3S. The quantitative estimate of drug-likeness (QED) is 0.774. The van der Waals surface area contributed by atoms with Crippen LogP contribution in [-0.4, -0.2) is 24.5 Å². The lowest BCUT2D eigenvalue weighted by Gasteiger charge is -2.42. The number of methoxy groups -OCH3 is 1. The highest BCUT2D eigenvalue weighted by molar-refractivity contribution is 7.17. The van der Waals surface area contributed by atoms with Gasteiger partial charge in [-0.15, -0.1) is 11.3 Å². The van der Waals surface area contributed by atoms with Crippen LogP contribution in [0, 0.1) is 6.92 Å². The van der Waals surface area contributed by atoms with Gasteiger partial charge in [0, 0.05) is 21.5 Å². The van der Waals surface area contributed by atoms with Crippen LogP contribution >= 0.6 is 11.3 Å². The van der Waals surface area contributed by atoms with Crippen LogP contribution in [0.4, 0.5) is 5.00 Å². The molecule has 1 aromatic heterocycles. The lowest BCUT2D eigenvalue weighted by Crippen LogP contribution is -2.55. The molecule has 0 atom stereocenters. The summed E-state index contributed by atoms with van der Waals surface area (Å²) in [6.07, 6.45) is 0.688. The molecule has 2 heterocycles. The van der Waals surface area contributed by atoms with Crippen LogP contribution in [0.3, 0.4) is 0 Å². The minimum absolute atomic E-state index is 0.168. The fourth-order valence-electron chi connectivity index (χ4n) is 3.90. The molecule has 2 N–H and O–H groups in total. The highest BCUT2D eigenvalue weighted by Crippen LogP contribution is 2.45. The number of hydrogen-bond acceptors (Lipinski definition) is 5. The fourth-order valence-corrected chi connectivity index (χ4v) is 5.16. The van der Waals surface area contributed by atoms with E-state index in [0.717, 1.165) is 16.0 Å². The summed E-state index contributed by atoms with van der Waals surface area (Å²) in [5, 5.41) is 7.11. The zero-order chi connectivity index (χ0) is 20.0. The summed E-state index contributed by atoms with van der Waals surface area (Å²) in [7, 11) is 1.37. The number of amides is 1. The van der Waals surface area contributed by atoms with Crippen LogP contribution in [-0.2, 0) is 16.7 Å². The van der Waals surface area contributed by atoms with Crippen molar-refractivity contribution < 1.29 is 14.3 Å². The van der Waals surface area contributed by atoms with E-state index in [2.05, 4.69) is 38.3 Å². The van der Waals surface area contributed by atoms with Crippen molar-refractivity contribution >= 4 is 28.2 Å². The molecule has 1 aliphatic rings. The van der Waals surface area contributed by atoms with Crippen LogP contribution in [0.5, 0.6) is 0 Å². The molecule has 1 amide bonds. The predicted molar refractivity (Wildman–Crippen MR) is 109 cm³/mol. The maximum Gasteiger partial charge on any atom is 0.341 e. The van der Waals surface area contributed by atoms with Crippen LogP contribution < -0.4 is 10.6 Å². The van der Waals surface area contributed by atoms with E-state index < -0.39 is 5.97 Å². The largest absolute Gasteiger partial charge is 0.465 e. The molecule has 0 spiro atoms. The van der Waals surface area contributed by atoms with Crippen molar-refractivity contribution in [2.24, 2.45) is 0 Å². The van der Waals surface area contributed by atoms with Crippen molar-refractivity contribution in [3.63, 3.8) is 0 Å². The molecule has 1 aromatic carbocycles. The van der Waals surface area contributed by atoms with E-state index in [1.54, 1.807) is 6.07 Å². The molecule has 0 bridgehead atoms. The van der Waals surface area contributed by atoms with E-state index in [0.29, 0.717) is 22.5 Å². The molecule has 2 aromatic rings. The molecule has 6 heteroatoms. The second kappa shape index (κ2) is 6.77. The number of ether oxygens (including phenoxy) is 1. The number of aryl methyl sites for hydroxylation is 1. The van der Waals surface area contributed by atoms with Crippen LogP contribution in [0.15, 0.2) is 24.3 Å². The Morgan fingerprint density at radius 3 is 2.56 bits per heavy atom.